The molecule has 0 spiro atoms. The van der Waals surface area contributed by atoms with Gasteiger partial charge >= 0.3 is 5.97 Å². The second-order valence-corrected chi connectivity index (χ2v) is 6.32. The normalized spacial score (nSPS) is 11.0. The van der Waals surface area contributed by atoms with Crippen molar-refractivity contribution in [3.63, 3.8) is 0 Å². The first-order chi connectivity index (χ1) is 12.1. The van der Waals surface area contributed by atoms with Crippen molar-refractivity contribution in [1.82, 2.24) is 4.57 Å². The van der Waals surface area contributed by atoms with Crippen molar-refractivity contribution in [2.75, 3.05) is 7.11 Å². The molecule has 2 aromatic rings. The molecular weight excluding hydrogens is 318 g/mol. The van der Waals surface area contributed by atoms with Gasteiger partial charge in [0.15, 0.2) is 5.75 Å². The number of esters is 1. The van der Waals surface area contributed by atoms with Crippen molar-refractivity contribution >= 4 is 16.9 Å². The Morgan fingerprint density at radius 1 is 1.12 bits per heavy atom. The molecule has 0 amide bonds. The largest absolute Gasteiger partial charge is 0.503 e. The van der Waals surface area contributed by atoms with Gasteiger partial charge in [-0.1, -0.05) is 51.2 Å². The van der Waals surface area contributed by atoms with E-state index in [9.17, 15) is 14.7 Å². The second-order valence-electron chi connectivity index (χ2n) is 6.32. The molecule has 0 atom stereocenters. The standard InChI is InChI=1S/C20H27NO4/c1-3-4-5-6-7-8-13-17-20(24)19(23)15-11-9-10-12-16(15)21(17)14-18(22)25-2/h9-12,24H,3-8,13-14H2,1-2H3. The van der Waals surface area contributed by atoms with Crippen LogP contribution < -0.4 is 5.43 Å². The Labute approximate surface area is 148 Å². The van der Waals surface area contributed by atoms with Crippen LogP contribution in [0.2, 0.25) is 0 Å². The number of benzene rings is 1. The number of aromatic hydroxyl groups is 1. The Hall–Kier alpha value is -2.30. The van der Waals surface area contributed by atoms with Crippen LogP contribution in [-0.2, 0) is 22.5 Å². The van der Waals surface area contributed by atoms with E-state index in [-0.39, 0.29) is 17.7 Å². The number of fused-ring (bicyclic) bond motifs is 1. The van der Waals surface area contributed by atoms with Gasteiger partial charge in [0.25, 0.3) is 0 Å². The fourth-order valence-electron chi connectivity index (χ4n) is 3.13. The minimum atomic E-state index is -0.405. The average molecular weight is 345 g/mol. The monoisotopic (exact) mass is 345 g/mol. The van der Waals surface area contributed by atoms with Gasteiger partial charge in [-0.05, 0) is 25.0 Å². The number of hydrogen-bond donors (Lipinski definition) is 1. The highest BCUT2D eigenvalue weighted by Crippen LogP contribution is 2.23. The highest BCUT2D eigenvalue weighted by Gasteiger charge is 2.17. The van der Waals surface area contributed by atoms with Crippen LogP contribution in [0.5, 0.6) is 5.75 Å². The van der Waals surface area contributed by atoms with E-state index in [0.29, 0.717) is 23.0 Å². The number of unbranched alkanes of at least 4 members (excludes halogenated alkanes) is 5. The van der Waals surface area contributed by atoms with Crippen LogP contribution in [0.15, 0.2) is 29.1 Å². The number of rotatable bonds is 9. The Balaban J connectivity index is 2.32. The number of carbonyl (C=O) groups excluding carboxylic acids is 1. The number of aromatic nitrogens is 1. The summed E-state index contributed by atoms with van der Waals surface area (Å²) in [4.78, 5) is 24.3. The number of methoxy groups -OCH3 is 1. The van der Waals surface area contributed by atoms with Crippen LogP contribution in [0.3, 0.4) is 0 Å². The number of nitrogens with zero attached hydrogens (tertiary/aromatic N) is 1. The smallest absolute Gasteiger partial charge is 0.325 e. The van der Waals surface area contributed by atoms with E-state index in [0.717, 1.165) is 19.3 Å². The van der Waals surface area contributed by atoms with Gasteiger partial charge in [-0.2, -0.15) is 0 Å². The maximum atomic E-state index is 12.5. The first-order valence-electron chi connectivity index (χ1n) is 9.00. The van der Waals surface area contributed by atoms with Crippen molar-refractivity contribution in [1.29, 1.82) is 0 Å². The van der Waals surface area contributed by atoms with Gasteiger partial charge in [0.1, 0.15) is 6.54 Å². The molecule has 5 heteroatoms. The Bertz CT molecular complexity index is 779. The first-order valence-corrected chi connectivity index (χ1v) is 9.00. The van der Waals surface area contributed by atoms with E-state index in [1.807, 2.05) is 6.07 Å². The lowest BCUT2D eigenvalue weighted by atomic mass is 10.1. The number of pyridine rings is 1. The lowest BCUT2D eigenvalue weighted by Crippen LogP contribution is -2.20. The van der Waals surface area contributed by atoms with Crippen molar-refractivity contribution in [3.05, 3.63) is 40.2 Å². The molecule has 0 fully saturated rings. The van der Waals surface area contributed by atoms with E-state index < -0.39 is 5.97 Å². The van der Waals surface area contributed by atoms with Crippen molar-refractivity contribution in [2.24, 2.45) is 0 Å². The minimum absolute atomic E-state index is 0.0178. The lowest BCUT2D eigenvalue weighted by molar-refractivity contribution is -0.141. The average Bonchev–Trinajstić information content (AvgIpc) is 2.64. The molecule has 1 heterocycles. The molecule has 0 unspecified atom stereocenters. The molecule has 0 saturated carbocycles. The van der Waals surface area contributed by atoms with Crippen molar-refractivity contribution < 1.29 is 14.6 Å². The molecule has 0 bridgehead atoms. The third kappa shape index (κ3) is 4.62. The summed E-state index contributed by atoms with van der Waals surface area (Å²) in [7, 11) is 1.33. The highest BCUT2D eigenvalue weighted by atomic mass is 16.5. The first kappa shape index (κ1) is 19.0. The van der Waals surface area contributed by atoms with Gasteiger partial charge in [0.05, 0.1) is 18.3 Å². The van der Waals surface area contributed by atoms with E-state index in [2.05, 4.69) is 6.92 Å². The molecule has 5 nitrogen and oxygen atoms in total. The zero-order valence-corrected chi connectivity index (χ0v) is 15.1. The summed E-state index contributed by atoms with van der Waals surface area (Å²) in [5, 5.41) is 10.8. The summed E-state index contributed by atoms with van der Waals surface area (Å²) in [6, 6.07) is 7.03. The molecular formula is C20H27NO4. The Kier molecular flexibility index (Phi) is 7.04. The van der Waals surface area contributed by atoms with Crippen LogP contribution in [0.4, 0.5) is 0 Å². The molecule has 2 rings (SSSR count). The van der Waals surface area contributed by atoms with E-state index in [1.165, 1.54) is 26.4 Å². The second kappa shape index (κ2) is 9.25. The third-order valence-electron chi connectivity index (χ3n) is 4.54. The topological polar surface area (TPSA) is 68.5 Å². The molecule has 0 radical (unpaired) electrons. The van der Waals surface area contributed by atoms with Crippen LogP contribution in [0.1, 0.15) is 51.1 Å². The SMILES string of the molecule is CCCCCCCCc1c(O)c(=O)c2ccccc2n1CC(=O)OC. The van der Waals surface area contributed by atoms with Crippen LogP contribution >= 0.6 is 0 Å². The van der Waals surface area contributed by atoms with Crippen molar-refractivity contribution in [3.8, 4) is 5.75 Å². The predicted octanol–water partition coefficient (Wildman–Crippen LogP) is 3.78. The van der Waals surface area contributed by atoms with Gasteiger partial charge < -0.3 is 14.4 Å². The summed E-state index contributed by atoms with van der Waals surface area (Å²) in [5.41, 5.74) is 0.791. The van der Waals surface area contributed by atoms with Gasteiger partial charge in [0.2, 0.25) is 5.43 Å². The maximum Gasteiger partial charge on any atom is 0.325 e. The highest BCUT2D eigenvalue weighted by molar-refractivity contribution is 5.82. The minimum Gasteiger partial charge on any atom is -0.503 e. The fourth-order valence-corrected chi connectivity index (χ4v) is 3.13. The van der Waals surface area contributed by atoms with Gasteiger partial charge in [-0.3, -0.25) is 9.59 Å². The molecule has 0 aliphatic carbocycles. The number of ether oxygens (including phenoxy) is 1. The molecule has 1 N–H and O–H groups in total. The number of hydrogen-bond acceptors (Lipinski definition) is 4. The summed E-state index contributed by atoms with van der Waals surface area (Å²) in [6.07, 6.45) is 7.25. The third-order valence-corrected chi connectivity index (χ3v) is 4.54. The maximum absolute atomic E-state index is 12.5. The molecule has 25 heavy (non-hydrogen) atoms. The van der Waals surface area contributed by atoms with E-state index in [1.54, 1.807) is 22.8 Å². The van der Waals surface area contributed by atoms with E-state index in [4.69, 9.17) is 4.74 Å². The van der Waals surface area contributed by atoms with Crippen molar-refractivity contribution in [2.45, 2.75) is 58.4 Å². The van der Waals surface area contributed by atoms with Gasteiger partial charge in [-0.25, -0.2) is 0 Å². The molecule has 0 saturated heterocycles. The van der Waals surface area contributed by atoms with Gasteiger partial charge in [0, 0.05) is 5.39 Å². The zero-order valence-electron chi connectivity index (χ0n) is 15.1. The number of para-hydroxylation sites is 1. The molecule has 1 aromatic heterocycles. The summed E-state index contributed by atoms with van der Waals surface area (Å²) < 4.78 is 6.49. The Morgan fingerprint density at radius 2 is 1.80 bits per heavy atom. The zero-order chi connectivity index (χ0) is 18.2. The molecule has 1 aromatic carbocycles. The lowest BCUT2D eigenvalue weighted by Gasteiger charge is -2.17. The van der Waals surface area contributed by atoms with Crippen LogP contribution in [0.25, 0.3) is 10.9 Å². The molecule has 0 aliphatic heterocycles. The van der Waals surface area contributed by atoms with Gasteiger partial charge in [-0.15, -0.1) is 0 Å². The van der Waals surface area contributed by atoms with Crippen LogP contribution in [-0.4, -0.2) is 22.8 Å². The summed E-state index contributed by atoms with van der Waals surface area (Å²) in [6.45, 7) is 2.16. The summed E-state index contributed by atoms with van der Waals surface area (Å²) >= 11 is 0. The predicted molar refractivity (Wildman–Crippen MR) is 99.0 cm³/mol. The Morgan fingerprint density at radius 3 is 2.52 bits per heavy atom. The fraction of sp³-hybridized carbons (Fsp3) is 0.500. The molecule has 0 aliphatic rings. The quantitative estimate of drug-likeness (QED) is 0.555. The van der Waals surface area contributed by atoms with E-state index >= 15 is 0 Å². The molecule has 136 valence electrons. The number of carbonyl (C=O) groups is 1. The summed E-state index contributed by atoms with van der Waals surface area (Å²) in [5.74, 6) is -0.659. The van der Waals surface area contributed by atoms with Crippen LogP contribution in [0, 0.1) is 0 Å².